The topological polar surface area (TPSA) is 263 Å². The molecule has 2 saturated heterocycles. The van der Waals surface area contributed by atoms with Crippen molar-refractivity contribution in [2.75, 3.05) is 6.54 Å². The van der Waals surface area contributed by atoms with Gasteiger partial charge in [0, 0.05) is 31.1 Å². The third-order valence-electron chi connectivity index (χ3n) is 16.6. The lowest BCUT2D eigenvalue weighted by Crippen LogP contribution is -2.62. The van der Waals surface area contributed by atoms with Crippen molar-refractivity contribution in [2.45, 2.75) is 185 Å². The minimum Gasteiger partial charge on any atom is -0.347 e. The Hall–Kier alpha value is -6.40. The number of Topliss-reactive ketones (excluding diaryl/α,β-unsaturated/α-hetero) is 1. The van der Waals surface area contributed by atoms with Crippen LogP contribution in [-0.4, -0.2) is 122 Å². The van der Waals surface area contributed by atoms with E-state index in [1.165, 1.54) is 6.20 Å². The van der Waals surface area contributed by atoms with E-state index in [9.17, 15) is 47.9 Å². The first-order valence-corrected chi connectivity index (χ1v) is 26.7. The summed E-state index contributed by atoms with van der Waals surface area (Å²) in [6.45, 7) is 7.74. The standard InChI is InChI=1S/C54H69N9O10/c1-5-10-37(44(65)50(70)57-33-18-19-33)58-49(69)43-34-14-9-13-32(34)27-62(43)53(73)45(54(2,3)4)61-48(68)42(28-11-7-6-8-12-28)60-46(66)39-26-55-38(25-56-39)31-16-15-29(23-31)30-17-20-35-36(24-30)52(72)63(51(35)71)40-21-22-41(64)59-47(40)67/h17,20,24-26,28-29,31-34,37,40,42-43,45H,5-16,18-19,21-23,27H2,1-4H3,(H,57,70)(H,58,69)(H,60,66)(H,61,68)(H,59,64,67)/t29?,31-,32-,34-,37+,40?,42-,43-,45+/m0/s1. The van der Waals surface area contributed by atoms with E-state index in [2.05, 4.69) is 36.6 Å². The van der Waals surface area contributed by atoms with E-state index < -0.39 is 94.6 Å². The second kappa shape index (κ2) is 21.2. The van der Waals surface area contributed by atoms with Crippen LogP contribution >= 0.6 is 0 Å². The zero-order valence-corrected chi connectivity index (χ0v) is 42.3. The van der Waals surface area contributed by atoms with E-state index in [4.69, 9.17) is 0 Å². The summed E-state index contributed by atoms with van der Waals surface area (Å²) in [6.07, 6.45) is 14.4. The average molecular weight is 1000 g/mol. The van der Waals surface area contributed by atoms with Gasteiger partial charge in [0.05, 0.1) is 29.1 Å². The highest BCUT2D eigenvalue weighted by Gasteiger charge is 2.53. The van der Waals surface area contributed by atoms with E-state index >= 15 is 0 Å². The van der Waals surface area contributed by atoms with Gasteiger partial charge in [-0.1, -0.05) is 65.9 Å². The second-order valence-corrected chi connectivity index (χ2v) is 22.7. The van der Waals surface area contributed by atoms with Gasteiger partial charge in [0.1, 0.15) is 29.9 Å². The molecule has 19 heteroatoms. The van der Waals surface area contributed by atoms with Crippen molar-refractivity contribution in [3.05, 3.63) is 58.7 Å². The first kappa shape index (κ1) is 51.5. The van der Waals surface area contributed by atoms with Gasteiger partial charge in [-0.2, -0.15) is 0 Å². The molecule has 0 spiro atoms. The van der Waals surface area contributed by atoms with Crippen LogP contribution in [0.3, 0.4) is 0 Å². The SMILES string of the molecule is CCC[C@@H](NC(=O)[C@@H]1[C@H]2CCC[C@H]2CN1C(=O)[C@@H](NC(=O)[C@@H](NC(=O)c1cnc([C@H]2CCC(c3ccc4c(c3)C(=O)N(C3CCC(=O)NC3=O)C4=O)C2)cn1)C1CCCCC1)C(C)(C)C)C(=O)C(=O)NC1CC1. The first-order chi connectivity index (χ1) is 34.9. The Morgan fingerprint density at radius 2 is 1.53 bits per heavy atom. The molecule has 0 bridgehead atoms. The Labute approximate surface area is 425 Å². The van der Waals surface area contributed by atoms with Crippen LogP contribution in [0.4, 0.5) is 0 Å². The number of benzene rings is 1. The summed E-state index contributed by atoms with van der Waals surface area (Å²) in [7, 11) is 0. The number of imide groups is 2. The molecule has 3 aliphatic heterocycles. The summed E-state index contributed by atoms with van der Waals surface area (Å²) in [4.78, 5) is 147. The number of fused-ring (bicyclic) bond motifs is 2. The number of nitrogens with one attached hydrogen (secondary N) is 5. The first-order valence-electron chi connectivity index (χ1n) is 26.7. The lowest BCUT2D eigenvalue weighted by Gasteiger charge is -2.38. The Morgan fingerprint density at radius 1 is 0.795 bits per heavy atom. The summed E-state index contributed by atoms with van der Waals surface area (Å²) < 4.78 is 0. The lowest BCUT2D eigenvalue weighted by atomic mass is 9.82. The monoisotopic (exact) mass is 1000 g/mol. The van der Waals surface area contributed by atoms with Crippen molar-refractivity contribution in [2.24, 2.45) is 23.2 Å². The lowest BCUT2D eigenvalue weighted by molar-refractivity contribution is -0.146. The van der Waals surface area contributed by atoms with Crippen molar-refractivity contribution < 1.29 is 47.9 Å². The number of aromatic nitrogens is 2. The number of ketones is 1. The summed E-state index contributed by atoms with van der Waals surface area (Å²) in [6, 6.07) is 0.144. The quantitative estimate of drug-likeness (QED) is 0.119. The van der Waals surface area contributed by atoms with Crippen LogP contribution in [0.2, 0.25) is 0 Å². The summed E-state index contributed by atoms with van der Waals surface area (Å²) in [5.41, 5.74) is 1.24. The van der Waals surface area contributed by atoms with Crippen LogP contribution in [0.25, 0.3) is 0 Å². The van der Waals surface area contributed by atoms with Gasteiger partial charge in [-0.05, 0) is 117 Å². The smallest absolute Gasteiger partial charge is 0.289 e. The zero-order valence-electron chi connectivity index (χ0n) is 42.3. The van der Waals surface area contributed by atoms with Gasteiger partial charge in [0.25, 0.3) is 23.6 Å². The number of likely N-dealkylation sites (tertiary alicyclic amines) is 1. The second-order valence-electron chi connectivity index (χ2n) is 22.7. The van der Waals surface area contributed by atoms with Gasteiger partial charge in [-0.15, -0.1) is 0 Å². The highest BCUT2D eigenvalue weighted by atomic mass is 16.2. The molecule has 9 amide bonds. The molecule has 0 radical (unpaired) electrons. The van der Waals surface area contributed by atoms with Crippen LogP contribution in [0.1, 0.15) is 191 Å². The van der Waals surface area contributed by atoms with Crippen molar-refractivity contribution in [3.63, 3.8) is 0 Å². The zero-order chi connectivity index (χ0) is 51.9. The van der Waals surface area contributed by atoms with Crippen molar-refractivity contribution in [1.82, 2.24) is 46.4 Å². The Morgan fingerprint density at radius 3 is 2.22 bits per heavy atom. The fourth-order valence-electron chi connectivity index (χ4n) is 12.4. The maximum Gasteiger partial charge on any atom is 0.289 e. The van der Waals surface area contributed by atoms with Crippen LogP contribution in [0.5, 0.6) is 0 Å². The van der Waals surface area contributed by atoms with Crippen LogP contribution in [0.15, 0.2) is 30.6 Å². The molecule has 1 aromatic carbocycles. The molecule has 2 unspecified atom stereocenters. The largest absolute Gasteiger partial charge is 0.347 e. The van der Waals surface area contributed by atoms with Gasteiger partial charge >= 0.3 is 0 Å². The van der Waals surface area contributed by atoms with E-state index in [0.29, 0.717) is 37.9 Å². The molecule has 4 aliphatic carbocycles. The van der Waals surface area contributed by atoms with E-state index in [-0.39, 0.29) is 71.7 Å². The summed E-state index contributed by atoms with van der Waals surface area (Å²) in [5.74, 6) is -5.84. The van der Waals surface area contributed by atoms with Crippen molar-refractivity contribution in [1.29, 1.82) is 0 Å². The summed E-state index contributed by atoms with van der Waals surface area (Å²) in [5, 5.41) is 13.8. The highest BCUT2D eigenvalue weighted by Crippen LogP contribution is 2.45. The minimum absolute atomic E-state index is 0.00707. The molecule has 390 valence electrons. The molecular formula is C54H69N9O10. The molecule has 2 aromatic rings. The van der Waals surface area contributed by atoms with E-state index in [1.807, 2.05) is 33.8 Å². The van der Waals surface area contributed by atoms with E-state index in [1.54, 1.807) is 23.2 Å². The number of hydrogen-bond donors (Lipinski definition) is 5. The molecule has 6 fully saturated rings. The van der Waals surface area contributed by atoms with Crippen LogP contribution < -0.4 is 26.6 Å². The molecule has 5 N–H and O–H groups in total. The van der Waals surface area contributed by atoms with Gasteiger partial charge in [-0.25, -0.2) is 4.98 Å². The number of piperidine rings is 1. The molecule has 19 nitrogen and oxygen atoms in total. The molecule has 4 heterocycles. The Kier molecular flexibility index (Phi) is 15.0. The molecule has 9 rings (SSSR count). The minimum atomic E-state index is -1.07. The maximum atomic E-state index is 14.9. The predicted octanol–water partition coefficient (Wildman–Crippen LogP) is 3.90. The number of carbonyl (C=O) groups is 10. The normalized spacial score (nSPS) is 26.4. The average Bonchev–Trinajstić information content (AvgIpc) is 3.64. The van der Waals surface area contributed by atoms with Gasteiger partial charge in [0.15, 0.2) is 0 Å². The summed E-state index contributed by atoms with van der Waals surface area (Å²) >= 11 is 0. The molecule has 73 heavy (non-hydrogen) atoms. The molecule has 1 aromatic heterocycles. The molecular weight excluding hydrogens is 935 g/mol. The van der Waals surface area contributed by atoms with Gasteiger partial charge < -0.3 is 26.2 Å². The fraction of sp³-hybridized carbons (Fsp3) is 0.630. The Balaban J connectivity index is 0.858. The van der Waals surface area contributed by atoms with Crippen LogP contribution in [0, 0.1) is 23.2 Å². The molecule has 4 saturated carbocycles. The van der Waals surface area contributed by atoms with E-state index in [0.717, 1.165) is 74.7 Å². The third-order valence-corrected chi connectivity index (χ3v) is 16.6. The molecule has 9 atom stereocenters. The maximum absolute atomic E-state index is 14.9. The Bertz CT molecular complexity index is 2570. The highest BCUT2D eigenvalue weighted by molar-refractivity contribution is 6.38. The van der Waals surface area contributed by atoms with Gasteiger partial charge in [-0.3, -0.25) is 63.1 Å². The fourth-order valence-corrected chi connectivity index (χ4v) is 12.4. The number of amides is 9. The number of hydrogen-bond acceptors (Lipinski definition) is 12. The van der Waals surface area contributed by atoms with Crippen LogP contribution in [-0.2, 0) is 33.6 Å². The van der Waals surface area contributed by atoms with Crippen molar-refractivity contribution >= 4 is 58.9 Å². The number of rotatable bonds is 16. The number of nitrogens with zero attached hydrogens (tertiary/aromatic N) is 4. The third kappa shape index (κ3) is 10.8. The number of carbonyl (C=O) groups excluding carboxylic acids is 10. The van der Waals surface area contributed by atoms with Crippen molar-refractivity contribution in [3.8, 4) is 0 Å². The predicted molar refractivity (Wildman–Crippen MR) is 263 cm³/mol. The molecule has 7 aliphatic rings. The van der Waals surface area contributed by atoms with Gasteiger partial charge in [0.2, 0.25) is 35.3 Å².